The number of hydrogen-bond donors (Lipinski definition) is 1. The molecule has 1 aromatic carbocycles. The van der Waals surface area contributed by atoms with Crippen LogP contribution in [0.5, 0.6) is 0 Å². The zero-order valence-electron chi connectivity index (χ0n) is 39.7. The number of hydrogen-bond acceptors (Lipinski definition) is 14. The second-order valence-corrected chi connectivity index (χ2v) is 21.6. The maximum absolute atomic E-state index is 12.5. The summed E-state index contributed by atoms with van der Waals surface area (Å²) in [6.07, 6.45) is 19.7. The number of rotatable bonds is 21. The molecule has 2 aliphatic carbocycles. The van der Waals surface area contributed by atoms with Crippen molar-refractivity contribution in [2.45, 2.75) is 225 Å². The summed E-state index contributed by atoms with van der Waals surface area (Å²) in [4.78, 5) is 33.9. The van der Waals surface area contributed by atoms with E-state index in [4.69, 9.17) is 22.7 Å². The minimum absolute atomic E-state index is 0.0670. The van der Waals surface area contributed by atoms with Gasteiger partial charge in [0.05, 0.1) is 24.3 Å². The lowest BCUT2D eigenvalue weighted by Crippen LogP contribution is -2.25. The van der Waals surface area contributed by atoms with Gasteiger partial charge in [0.15, 0.2) is 11.6 Å². The van der Waals surface area contributed by atoms with Crippen molar-refractivity contribution < 1.29 is 40.7 Å². The molecule has 2 fully saturated rings. The zero-order chi connectivity index (χ0) is 46.0. The third-order valence-corrected chi connectivity index (χ3v) is 12.7. The predicted molar refractivity (Wildman–Crippen MR) is 241 cm³/mol. The number of nitrogens with zero attached hydrogens (tertiary/aromatic N) is 4. The highest BCUT2D eigenvalue weighted by atomic mass is 32.2. The van der Waals surface area contributed by atoms with Crippen molar-refractivity contribution in [2.75, 3.05) is 0 Å². The van der Waals surface area contributed by atoms with Gasteiger partial charge in [-0.15, -0.1) is 0 Å². The normalized spacial score (nSPS) is 16.6. The molecule has 0 saturated heterocycles. The minimum atomic E-state index is -3.95. The Hall–Kier alpha value is -3.69. The van der Waals surface area contributed by atoms with E-state index in [0.717, 1.165) is 49.5 Å². The molecule has 0 spiro atoms. The zero-order valence-corrected chi connectivity index (χ0v) is 40.5. The van der Waals surface area contributed by atoms with Crippen LogP contribution in [0.3, 0.4) is 0 Å². The smallest absolute Gasteiger partial charge is 0.307 e. The second kappa shape index (κ2) is 25.1. The molecule has 14 nitrogen and oxygen atoms in total. The molecule has 354 valence electrons. The summed E-state index contributed by atoms with van der Waals surface area (Å²) < 4.78 is 52.1. The monoisotopic (exact) mass is 900 g/mol. The van der Waals surface area contributed by atoms with Gasteiger partial charge in [-0.05, 0) is 85.3 Å². The fourth-order valence-corrected chi connectivity index (χ4v) is 9.11. The van der Waals surface area contributed by atoms with Gasteiger partial charge in [-0.25, -0.2) is 0 Å². The van der Waals surface area contributed by atoms with Crippen LogP contribution >= 0.6 is 0 Å². The highest BCUT2D eigenvalue weighted by molar-refractivity contribution is 7.86. The summed E-state index contributed by atoms with van der Waals surface area (Å²) in [7, 11) is -3.95. The Kier molecular flexibility index (Phi) is 20.7. The Morgan fingerprint density at radius 3 is 1.60 bits per heavy atom. The van der Waals surface area contributed by atoms with Gasteiger partial charge in [-0.1, -0.05) is 132 Å². The summed E-state index contributed by atoms with van der Waals surface area (Å²) >= 11 is 0. The van der Waals surface area contributed by atoms with E-state index in [2.05, 4.69) is 39.4 Å². The first-order valence-corrected chi connectivity index (χ1v) is 24.9. The highest BCUT2D eigenvalue weighted by Crippen LogP contribution is 2.33. The predicted octanol–water partition coefficient (Wildman–Crippen LogP) is 11.0. The number of ether oxygens (including phenoxy) is 2. The first-order chi connectivity index (χ1) is 29.7. The Bertz CT molecular complexity index is 1900. The van der Waals surface area contributed by atoms with Crippen molar-refractivity contribution in [1.82, 2.24) is 25.6 Å². The van der Waals surface area contributed by atoms with Crippen molar-refractivity contribution in [3.05, 3.63) is 53.3 Å². The van der Waals surface area contributed by atoms with Crippen LogP contribution < -0.4 is 5.32 Å². The number of aryl methyl sites for hydroxylation is 1. The van der Waals surface area contributed by atoms with Crippen molar-refractivity contribution in [2.24, 2.45) is 11.8 Å². The molecule has 1 N–H and O–H groups in total. The Labute approximate surface area is 377 Å². The fourth-order valence-electron chi connectivity index (χ4n) is 8.25. The fraction of sp³-hybridized carbons (Fsp3) is 0.750. The number of aromatic nitrogens is 4. The molecule has 2 heterocycles. The molecule has 0 bridgehead atoms. The maximum atomic E-state index is 12.5. The molecule has 0 radical (unpaired) electrons. The molecule has 2 aliphatic rings. The van der Waals surface area contributed by atoms with Crippen LogP contribution in [0, 0.1) is 18.8 Å². The van der Waals surface area contributed by atoms with Gasteiger partial charge in [-0.3, -0.25) is 13.8 Å². The van der Waals surface area contributed by atoms with Gasteiger partial charge in [-0.2, -0.15) is 18.4 Å². The van der Waals surface area contributed by atoms with E-state index in [1.165, 1.54) is 82.8 Å². The van der Waals surface area contributed by atoms with Crippen LogP contribution in [-0.2, 0) is 46.5 Å². The van der Waals surface area contributed by atoms with Crippen molar-refractivity contribution >= 4 is 22.1 Å². The minimum Gasteiger partial charge on any atom is -0.460 e. The van der Waals surface area contributed by atoms with E-state index in [0.29, 0.717) is 36.6 Å². The molecule has 3 aromatic rings. The standard InChI is InChI=1S/C26H38N2O6S.C22H39N3O3/c1-19-13-15-22(16-14-19)35(30,31)32-18-23-27-25(34-28-23)21(17-24(29)33-26(2,3)4)12-8-11-20-9-6-5-7-10-20;1-16(2)23-15-19-24-21(28-25-19)18(14-20(26)27-22(3,4)5)13-9-12-17-10-7-6-8-11-17/h13-16,20-21H,5-12,17-18H2,1-4H3;16-18,23H,6-15H2,1-5H3/t21-;18-/m11/s1. The molecule has 0 unspecified atom stereocenters. The Balaban J connectivity index is 0.000000284. The molecule has 63 heavy (non-hydrogen) atoms. The van der Waals surface area contributed by atoms with Crippen LogP contribution in [0.2, 0.25) is 0 Å². The largest absolute Gasteiger partial charge is 0.460 e. The number of carbonyl (C=O) groups excluding carboxylic acids is 2. The number of esters is 2. The van der Waals surface area contributed by atoms with E-state index in [1.807, 2.05) is 48.5 Å². The average molecular weight is 900 g/mol. The van der Waals surface area contributed by atoms with Crippen LogP contribution in [0.1, 0.15) is 212 Å². The molecule has 2 atom stereocenters. The van der Waals surface area contributed by atoms with Crippen molar-refractivity contribution in [3.63, 3.8) is 0 Å². The lowest BCUT2D eigenvalue weighted by molar-refractivity contribution is -0.156. The topological polar surface area (TPSA) is 186 Å². The molecular formula is C48H77N5O9S. The van der Waals surface area contributed by atoms with Crippen molar-refractivity contribution in [3.8, 4) is 0 Å². The third-order valence-electron chi connectivity index (χ3n) is 11.4. The summed E-state index contributed by atoms with van der Waals surface area (Å²) in [6, 6.07) is 6.76. The van der Waals surface area contributed by atoms with Gasteiger partial charge in [0.25, 0.3) is 10.1 Å². The lowest BCUT2D eigenvalue weighted by atomic mass is 9.84. The SMILES string of the molecule is CC(C)NCc1noc([C@H](CCCC2CCCCC2)CC(=O)OC(C)(C)C)n1.Cc1ccc(S(=O)(=O)OCc2noc([C@H](CCCC3CCCCC3)CC(=O)OC(C)(C)C)n2)cc1. The third kappa shape index (κ3) is 20.4. The number of benzene rings is 1. The number of carbonyl (C=O) groups is 2. The van der Waals surface area contributed by atoms with Crippen molar-refractivity contribution in [1.29, 1.82) is 0 Å². The first kappa shape index (κ1) is 51.9. The molecule has 0 amide bonds. The lowest BCUT2D eigenvalue weighted by Gasteiger charge is -2.23. The van der Waals surface area contributed by atoms with Gasteiger partial charge in [0, 0.05) is 17.9 Å². The average Bonchev–Trinajstić information content (AvgIpc) is 3.89. The summed E-state index contributed by atoms with van der Waals surface area (Å²) in [5.41, 5.74) is -0.112. The summed E-state index contributed by atoms with van der Waals surface area (Å²) in [6.45, 7) is 17.4. The molecule has 15 heteroatoms. The molecule has 5 rings (SSSR count). The Morgan fingerprint density at radius 2 is 1.16 bits per heavy atom. The first-order valence-electron chi connectivity index (χ1n) is 23.5. The Morgan fingerprint density at radius 1 is 0.714 bits per heavy atom. The molecule has 2 aromatic heterocycles. The summed E-state index contributed by atoms with van der Waals surface area (Å²) in [5.74, 6) is 2.34. The van der Waals surface area contributed by atoms with E-state index < -0.39 is 21.3 Å². The number of nitrogens with one attached hydrogen (secondary N) is 1. The quantitative estimate of drug-likeness (QED) is 0.0786. The summed E-state index contributed by atoms with van der Waals surface area (Å²) in [5, 5.41) is 11.3. The highest BCUT2D eigenvalue weighted by Gasteiger charge is 2.29. The van der Waals surface area contributed by atoms with E-state index >= 15 is 0 Å². The van der Waals surface area contributed by atoms with Crippen LogP contribution in [-0.4, -0.2) is 57.9 Å². The van der Waals surface area contributed by atoms with E-state index in [9.17, 15) is 18.0 Å². The molecule has 0 aliphatic heterocycles. The van der Waals surface area contributed by atoms with Crippen LogP contribution in [0.4, 0.5) is 0 Å². The van der Waals surface area contributed by atoms with Gasteiger partial charge in [0.1, 0.15) is 17.8 Å². The van der Waals surface area contributed by atoms with Crippen LogP contribution in [0.25, 0.3) is 0 Å². The van der Waals surface area contributed by atoms with Gasteiger partial charge >= 0.3 is 11.9 Å². The van der Waals surface area contributed by atoms with Gasteiger partial charge in [0.2, 0.25) is 11.8 Å². The molecule has 2 saturated carbocycles. The van der Waals surface area contributed by atoms with Gasteiger partial charge < -0.3 is 23.8 Å². The maximum Gasteiger partial charge on any atom is 0.307 e. The van der Waals surface area contributed by atoms with E-state index in [-0.39, 0.29) is 47.5 Å². The van der Waals surface area contributed by atoms with E-state index in [1.54, 1.807) is 12.1 Å². The van der Waals surface area contributed by atoms with Crippen LogP contribution in [0.15, 0.2) is 38.2 Å². The molecular weight excluding hydrogens is 823 g/mol. The second-order valence-electron chi connectivity index (χ2n) is 20.0.